The van der Waals surface area contributed by atoms with Gasteiger partial charge in [0.1, 0.15) is 5.75 Å². The van der Waals surface area contributed by atoms with Gasteiger partial charge in [-0.15, -0.1) is 0 Å². The lowest BCUT2D eigenvalue weighted by atomic mass is 10.1. The summed E-state index contributed by atoms with van der Waals surface area (Å²) < 4.78 is 7.38. The lowest BCUT2D eigenvalue weighted by Crippen LogP contribution is -2.05. The molecule has 0 atom stereocenters. The SMILES string of the molecule is COc1ccc(C)cc1Cn1nc(C)cc1C. The minimum absolute atomic E-state index is 0.754. The predicted octanol–water partition coefficient (Wildman–Crippen LogP) is 2.87. The lowest BCUT2D eigenvalue weighted by molar-refractivity contribution is 0.407. The summed E-state index contributed by atoms with van der Waals surface area (Å²) >= 11 is 0. The van der Waals surface area contributed by atoms with Crippen molar-refractivity contribution in [1.82, 2.24) is 9.78 Å². The quantitative estimate of drug-likeness (QED) is 0.810. The largest absolute Gasteiger partial charge is 0.496 e. The lowest BCUT2D eigenvalue weighted by Gasteiger charge is -2.10. The highest BCUT2D eigenvalue weighted by molar-refractivity contribution is 5.37. The Hall–Kier alpha value is -1.77. The minimum Gasteiger partial charge on any atom is -0.496 e. The monoisotopic (exact) mass is 230 g/mol. The fourth-order valence-corrected chi connectivity index (χ4v) is 2.03. The highest BCUT2D eigenvalue weighted by Gasteiger charge is 2.07. The smallest absolute Gasteiger partial charge is 0.123 e. The average molecular weight is 230 g/mol. The molecule has 0 aliphatic carbocycles. The maximum Gasteiger partial charge on any atom is 0.123 e. The molecular weight excluding hydrogens is 212 g/mol. The molecule has 0 N–H and O–H groups in total. The van der Waals surface area contributed by atoms with Crippen LogP contribution in [0.1, 0.15) is 22.5 Å². The van der Waals surface area contributed by atoms with Gasteiger partial charge in [-0.3, -0.25) is 4.68 Å². The van der Waals surface area contributed by atoms with Crippen LogP contribution in [0.3, 0.4) is 0 Å². The van der Waals surface area contributed by atoms with E-state index < -0.39 is 0 Å². The third-order valence-electron chi connectivity index (χ3n) is 2.86. The molecule has 0 aliphatic heterocycles. The molecule has 0 unspecified atom stereocenters. The van der Waals surface area contributed by atoms with Crippen LogP contribution < -0.4 is 4.74 Å². The standard InChI is InChI=1S/C14H18N2O/c1-10-5-6-14(17-4)13(7-10)9-16-12(3)8-11(2)15-16/h5-8H,9H2,1-4H3. The number of benzene rings is 1. The Morgan fingerprint density at radius 3 is 2.53 bits per heavy atom. The van der Waals surface area contributed by atoms with Crippen LogP contribution in [0.15, 0.2) is 24.3 Å². The van der Waals surface area contributed by atoms with Crippen molar-refractivity contribution < 1.29 is 4.74 Å². The van der Waals surface area contributed by atoms with Gasteiger partial charge in [0.05, 0.1) is 19.3 Å². The Morgan fingerprint density at radius 1 is 1.18 bits per heavy atom. The number of aryl methyl sites for hydroxylation is 3. The molecule has 2 rings (SSSR count). The van der Waals surface area contributed by atoms with Gasteiger partial charge in [-0.25, -0.2) is 0 Å². The van der Waals surface area contributed by atoms with E-state index in [9.17, 15) is 0 Å². The molecule has 0 radical (unpaired) electrons. The number of ether oxygens (including phenoxy) is 1. The molecule has 3 nitrogen and oxygen atoms in total. The molecule has 1 heterocycles. The van der Waals surface area contributed by atoms with Gasteiger partial charge < -0.3 is 4.74 Å². The normalized spacial score (nSPS) is 10.6. The van der Waals surface area contributed by atoms with E-state index in [1.165, 1.54) is 16.8 Å². The van der Waals surface area contributed by atoms with E-state index >= 15 is 0 Å². The third kappa shape index (κ3) is 2.49. The minimum atomic E-state index is 0.754. The second-order valence-electron chi connectivity index (χ2n) is 4.40. The van der Waals surface area contributed by atoms with Crippen LogP contribution in [0.2, 0.25) is 0 Å². The Labute approximate surface area is 102 Å². The summed E-state index contributed by atoms with van der Waals surface area (Å²) in [7, 11) is 1.70. The van der Waals surface area contributed by atoms with Crippen molar-refractivity contribution in [3.8, 4) is 5.75 Å². The molecule has 90 valence electrons. The molecule has 0 fully saturated rings. The first-order valence-corrected chi connectivity index (χ1v) is 5.74. The first kappa shape index (κ1) is 11.7. The van der Waals surface area contributed by atoms with E-state index in [-0.39, 0.29) is 0 Å². The Kier molecular flexibility index (Phi) is 3.18. The van der Waals surface area contributed by atoms with Gasteiger partial charge in [0, 0.05) is 11.3 Å². The topological polar surface area (TPSA) is 27.1 Å². The summed E-state index contributed by atoms with van der Waals surface area (Å²) in [6, 6.07) is 8.30. The fraction of sp³-hybridized carbons (Fsp3) is 0.357. The molecule has 1 aromatic carbocycles. The van der Waals surface area contributed by atoms with Gasteiger partial charge in [-0.2, -0.15) is 5.10 Å². The van der Waals surface area contributed by atoms with Gasteiger partial charge in [0.2, 0.25) is 0 Å². The average Bonchev–Trinajstić information content (AvgIpc) is 2.58. The number of hydrogen-bond donors (Lipinski definition) is 0. The van der Waals surface area contributed by atoms with Gasteiger partial charge in [-0.1, -0.05) is 17.7 Å². The molecule has 0 bridgehead atoms. The van der Waals surface area contributed by atoms with Gasteiger partial charge in [0.25, 0.3) is 0 Å². The van der Waals surface area contributed by atoms with E-state index in [1.54, 1.807) is 7.11 Å². The second kappa shape index (κ2) is 4.62. The van der Waals surface area contributed by atoms with E-state index in [0.717, 1.165) is 18.0 Å². The molecule has 2 aromatic rings. The molecule has 0 spiro atoms. The van der Waals surface area contributed by atoms with Crippen molar-refractivity contribution in [2.45, 2.75) is 27.3 Å². The molecule has 0 amide bonds. The van der Waals surface area contributed by atoms with Crippen LogP contribution in [-0.4, -0.2) is 16.9 Å². The first-order chi connectivity index (χ1) is 8.10. The maximum atomic E-state index is 5.38. The Morgan fingerprint density at radius 2 is 1.94 bits per heavy atom. The van der Waals surface area contributed by atoms with Crippen LogP contribution in [-0.2, 0) is 6.54 Å². The molecule has 17 heavy (non-hydrogen) atoms. The summed E-state index contributed by atoms with van der Waals surface area (Å²) in [5.41, 5.74) is 4.63. The summed E-state index contributed by atoms with van der Waals surface area (Å²) in [5, 5.41) is 4.47. The molecular formula is C14H18N2O. The second-order valence-corrected chi connectivity index (χ2v) is 4.40. The summed E-state index contributed by atoms with van der Waals surface area (Å²) in [6.07, 6.45) is 0. The van der Waals surface area contributed by atoms with Crippen molar-refractivity contribution in [2.75, 3.05) is 7.11 Å². The van der Waals surface area contributed by atoms with Crippen molar-refractivity contribution in [2.24, 2.45) is 0 Å². The van der Waals surface area contributed by atoms with Crippen LogP contribution in [0.4, 0.5) is 0 Å². The summed E-state index contributed by atoms with van der Waals surface area (Å²) in [5.74, 6) is 0.920. The number of aromatic nitrogens is 2. The number of hydrogen-bond acceptors (Lipinski definition) is 2. The van der Waals surface area contributed by atoms with Gasteiger partial charge >= 0.3 is 0 Å². The Bertz CT molecular complexity index is 529. The number of nitrogens with zero attached hydrogens (tertiary/aromatic N) is 2. The molecule has 0 saturated carbocycles. The van der Waals surface area contributed by atoms with Crippen molar-refractivity contribution in [1.29, 1.82) is 0 Å². The highest BCUT2D eigenvalue weighted by atomic mass is 16.5. The fourth-order valence-electron chi connectivity index (χ4n) is 2.03. The zero-order valence-electron chi connectivity index (χ0n) is 10.8. The highest BCUT2D eigenvalue weighted by Crippen LogP contribution is 2.21. The molecule has 3 heteroatoms. The zero-order chi connectivity index (χ0) is 12.4. The predicted molar refractivity (Wildman–Crippen MR) is 68.5 cm³/mol. The summed E-state index contributed by atoms with van der Waals surface area (Å²) in [6.45, 7) is 6.92. The Balaban J connectivity index is 2.35. The molecule has 1 aromatic heterocycles. The van der Waals surface area contributed by atoms with Crippen molar-refractivity contribution in [3.63, 3.8) is 0 Å². The zero-order valence-corrected chi connectivity index (χ0v) is 10.8. The number of methoxy groups -OCH3 is 1. The van der Waals surface area contributed by atoms with Crippen LogP contribution in [0.25, 0.3) is 0 Å². The maximum absolute atomic E-state index is 5.38. The van der Waals surface area contributed by atoms with E-state index in [1.807, 2.05) is 17.7 Å². The molecule has 0 saturated heterocycles. The number of rotatable bonds is 3. The third-order valence-corrected chi connectivity index (χ3v) is 2.86. The van der Waals surface area contributed by atoms with E-state index in [0.29, 0.717) is 0 Å². The van der Waals surface area contributed by atoms with Gasteiger partial charge in [0.15, 0.2) is 0 Å². The molecule has 0 aliphatic rings. The van der Waals surface area contributed by atoms with Crippen LogP contribution in [0.5, 0.6) is 5.75 Å². The van der Waals surface area contributed by atoms with Crippen molar-refractivity contribution in [3.05, 3.63) is 46.8 Å². The first-order valence-electron chi connectivity index (χ1n) is 5.74. The summed E-state index contributed by atoms with van der Waals surface area (Å²) in [4.78, 5) is 0. The van der Waals surface area contributed by atoms with Gasteiger partial charge in [-0.05, 0) is 32.9 Å². The van der Waals surface area contributed by atoms with Crippen LogP contribution >= 0.6 is 0 Å². The van der Waals surface area contributed by atoms with Crippen molar-refractivity contribution >= 4 is 0 Å². The van der Waals surface area contributed by atoms with Crippen LogP contribution in [0, 0.1) is 20.8 Å². The van der Waals surface area contributed by atoms with E-state index in [4.69, 9.17) is 4.74 Å². The van der Waals surface area contributed by atoms with E-state index in [2.05, 4.69) is 37.1 Å².